The minimum Gasteiger partial charge on any atom is -0.397 e. The van der Waals surface area contributed by atoms with Gasteiger partial charge >= 0.3 is 0 Å². The first kappa shape index (κ1) is 9.16. The van der Waals surface area contributed by atoms with Crippen LogP contribution in [0.2, 0.25) is 5.02 Å². The quantitative estimate of drug-likeness (QED) is 0.567. The summed E-state index contributed by atoms with van der Waals surface area (Å²) >= 11 is 5.78. The van der Waals surface area contributed by atoms with Crippen LogP contribution in [0.1, 0.15) is 0 Å². The standard InChI is InChI=1S/C8H11ClN2O/c1-11(12-2)8-5-6(9)3-4-7(8)10/h3-5H,10H2,1-2H3. The van der Waals surface area contributed by atoms with Gasteiger partial charge in [0.25, 0.3) is 0 Å². The molecule has 0 saturated carbocycles. The third-order valence-corrected chi connectivity index (χ3v) is 1.84. The lowest BCUT2D eigenvalue weighted by atomic mass is 10.3. The van der Waals surface area contributed by atoms with Gasteiger partial charge in [-0.25, -0.2) is 0 Å². The van der Waals surface area contributed by atoms with Crippen molar-refractivity contribution in [2.24, 2.45) is 0 Å². The van der Waals surface area contributed by atoms with Gasteiger partial charge in [-0.05, 0) is 18.2 Å². The molecule has 0 aliphatic carbocycles. The Labute approximate surface area is 76.6 Å². The van der Waals surface area contributed by atoms with Crippen molar-refractivity contribution in [3.05, 3.63) is 23.2 Å². The van der Waals surface area contributed by atoms with Gasteiger partial charge in [0.05, 0.1) is 18.5 Å². The molecule has 0 atom stereocenters. The highest BCUT2D eigenvalue weighted by molar-refractivity contribution is 6.31. The van der Waals surface area contributed by atoms with Gasteiger partial charge in [0.2, 0.25) is 0 Å². The smallest absolute Gasteiger partial charge is 0.0877 e. The fourth-order valence-electron chi connectivity index (χ4n) is 0.888. The Morgan fingerprint density at radius 1 is 1.50 bits per heavy atom. The van der Waals surface area contributed by atoms with Crippen molar-refractivity contribution in [2.75, 3.05) is 25.0 Å². The van der Waals surface area contributed by atoms with Gasteiger partial charge in [-0.2, -0.15) is 0 Å². The van der Waals surface area contributed by atoms with Crippen LogP contribution in [0.4, 0.5) is 11.4 Å². The molecule has 0 aliphatic rings. The summed E-state index contributed by atoms with van der Waals surface area (Å²) in [7, 11) is 3.34. The summed E-state index contributed by atoms with van der Waals surface area (Å²) in [6.45, 7) is 0. The molecule has 4 heteroatoms. The van der Waals surface area contributed by atoms with E-state index in [9.17, 15) is 0 Å². The van der Waals surface area contributed by atoms with Crippen molar-refractivity contribution in [2.45, 2.75) is 0 Å². The molecule has 0 saturated heterocycles. The molecule has 0 amide bonds. The van der Waals surface area contributed by atoms with E-state index in [-0.39, 0.29) is 0 Å². The lowest BCUT2D eigenvalue weighted by Crippen LogP contribution is -2.16. The molecule has 0 aliphatic heterocycles. The molecular formula is C8H11ClN2O. The van der Waals surface area contributed by atoms with E-state index in [1.165, 1.54) is 0 Å². The molecular weight excluding hydrogens is 176 g/mol. The Morgan fingerprint density at radius 2 is 2.17 bits per heavy atom. The molecule has 3 nitrogen and oxygen atoms in total. The molecule has 12 heavy (non-hydrogen) atoms. The minimum absolute atomic E-state index is 0.642. The highest BCUT2D eigenvalue weighted by atomic mass is 35.5. The van der Waals surface area contributed by atoms with Crippen LogP contribution in [0.5, 0.6) is 0 Å². The fourth-order valence-corrected chi connectivity index (χ4v) is 1.05. The largest absolute Gasteiger partial charge is 0.397 e. The second-order valence-electron chi connectivity index (χ2n) is 2.38. The zero-order valence-corrected chi connectivity index (χ0v) is 7.80. The normalized spacial score (nSPS) is 9.92. The lowest BCUT2D eigenvalue weighted by molar-refractivity contribution is 0.185. The number of nitrogen functional groups attached to an aromatic ring is 1. The van der Waals surface area contributed by atoms with Crippen LogP contribution in [-0.4, -0.2) is 14.2 Å². The van der Waals surface area contributed by atoms with E-state index in [2.05, 4.69) is 0 Å². The molecule has 0 heterocycles. The Kier molecular flexibility index (Phi) is 2.78. The van der Waals surface area contributed by atoms with Gasteiger partial charge in [0.1, 0.15) is 0 Å². The number of nitrogens with zero attached hydrogens (tertiary/aromatic N) is 1. The van der Waals surface area contributed by atoms with Crippen molar-refractivity contribution < 1.29 is 4.84 Å². The number of hydrogen-bond donors (Lipinski definition) is 1. The summed E-state index contributed by atoms with van der Waals surface area (Å²) in [5, 5.41) is 2.20. The van der Waals surface area contributed by atoms with Crippen LogP contribution in [0.25, 0.3) is 0 Å². The van der Waals surface area contributed by atoms with Crippen LogP contribution in [0, 0.1) is 0 Å². The van der Waals surface area contributed by atoms with E-state index in [1.54, 1.807) is 37.4 Å². The van der Waals surface area contributed by atoms with Crippen molar-refractivity contribution in [1.29, 1.82) is 0 Å². The zero-order valence-electron chi connectivity index (χ0n) is 7.04. The van der Waals surface area contributed by atoms with Crippen LogP contribution in [-0.2, 0) is 4.84 Å². The second-order valence-corrected chi connectivity index (χ2v) is 2.82. The van der Waals surface area contributed by atoms with Crippen molar-refractivity contribution in [3.63, 3.8) is 0 Å². The van der Waals surface area contributed by atoms with E-state index >= 15 is 0 Å². The number of rotatable bonds is 2. The van der Waals surface area contributed by atoms with Gasteiger partial charge in [-0.15, -0.1) is 0 Å². The maximum absolute atomic E-state index is 5.78. The van der Waals surface area contributed by atoms with Crippen molar-refractivity contribution in [3.8, 4) is 0 Å². The van der Waals surface area contributed by atoms with E-state index < -0.39 is 0 Å². The zero-order chi connectivity index (χ0) is 9.14. The SMILES string of the molecule is CON(C)c1cc(Cl)ccc1N. The van der Waals surface area contributed by atoms with Crippen LogP contribution in [0.15, 0.2) is 18.2 Å². The predicted octanol–water partition coefficient (Wildman–Crippen LogP) is 1.92. The van der Waals surface area contributed by atoms with Gasteiger partial charge in [-0.1, -0.05) is 11.6 Å². The molecule has 66 valence electrons. The average Bonchev–Trinajstić information content (AvgIpc) is 2.08. The molecule has 1 rings (SSSR count). The topological polar surface area (TPSA) is 38.5 Å². The lowest BCUT2D eigenvalue weighted by Gasteiger charge is -2.17. The highest BCUT2D eigenvalue weighted by Crippen LogP contribution is 2.25. The maximum Gasteiger partial charge on any atom is 0.0877 e. The van der Waals surface area contributed by atoms with Crippen LogP contribution >= 0.6 is 11.6 Å². The Bertz CT molecular complexity index is 278. The van der Waals surface area contributed by atoms with E-state index in [0.717, 1.165) is 5.69 Å². The Hall–Kier alpha value is -0.930. The Morgan fingerprint density at radius 3 is 2.75 bits per heavy atom. The fraction of sp³-hybridized carbons (Fsp3) is 0.250. The van der Waals surface area contributed by atoms with E-state index in [0.29, 0.717) is 10.7 Å². The Balaban J connectivity index is 3.04. The monoisotopic (exact) mass is 186 g/mol. The molecule has 0 bridgehead atoms. The van der Waals surface area contributed by atoms with Crippen LogP contribution < -0.4 is 10.8 Å². The molecule has 0 radical (unpaired) electrons. The first-order valence-corrected chi connectivity index (χ1v) is 3.86. The number of nitrogens with two attached hydrogens (primary N) is 1. The summed E-state index contributed by atoms with van der Waals surface area (Å²) in [5.74, 6) is 0. The summed E-state index contributed by atoms with van der Waals surface area (Å²) in [5.41, 5.74) is 7.10. The second kappa shape index (κ2) is 3.65. The molecule has 0 unspecified atom stereocenters. The number of benzene rings is 1. The number of hydrogen-bond acceptors (Lipinski definition) is 3. The molecule has 1 aromatic rings. The summed E-state index contributed by atoms with van der Waals surface area (Å²) in [6, 6.07) is 5.23. The number of anilines is 2. The van der Waals surface area contributed by atoms with Gasteiger partial charge in [0, 0.05) is 12.1 Å². The molecule has 2 N–H and O–H groups in total. The predicted molar refractivity (Wildman–Crippen MR) is 51.3 cm³/mol. The summed E-state index contributed by atoms with van der Waals surface area (Å²) in [4.78, 5) is 4.97. The van der Waals surface area contributed by atoms with E-state index in [1.807, 2.05) is 0 Å². The summed E-state index contributed by atoms with van der Waals surface area (Å²) < 4.78 is 0. The first-order valence-electron chi connectivity index (χ1n) is 3.48. The van der Waals surface area contributed by atoms with Crippen molar-refractivity contribution in [1.82, 2.24) is 0 Å². The van der Waals surface area contributed by atoms with Crippen molar-refractivity contribution >= 4 is 23.0 Å². The van der Waals surface area contributed by atoms with Gasteiger partial charge < -0.3 is 5.73 Å². The maximum atomic E-state index is 5.78. The number of halogens is 1. The highest BCUT2D eigenvalue weighted by Gasteiger charge is 2.04. The molecule has 1 aromatic carbocycles. The molecule has 0 spiro atoms. The molecule has 0 aromatic heterocycles. The minimum atomic E-state index is 0.642. The first-order chi connectivity index (χ1) is 5.65. The number of hydroxylamine groups is 1. The van der Waals surface area contributed by atoms with Gasteiger partial charge in [0.15, 0.2) is 0 Å². The average molecular weight is 187 g/mol. The third kappa shape index (κ3) is 1.81. The van der Waals surface area contributed by atoms with E-state index in [4.69, 9.17) is 22.2 Å². The van der Waals surface area contributed by atoms with Gasteiger partial charge in [-0.3, -0.25) is 9.90 Å². The summed E-state index contributed by atoms with van der Waals surface area (Å²) in [6.07, 6.45) is 0. The molecule has 0 fully saturated rings. The third-order valence-electron chi connectivity index (χ3n) is 1.61. The van der Waals surface area contributed by atoms with Crippen LogP contribution in [0.3, 0.4) is 0 Å².